The van der Waals surface area contributed by atoms with Crippen LogP contribution in [0, 0.1) is 15.9 Å². The molecule has 0 aliphatic carbocycles. The van der Waals surface area contributed by atoms with Crippen molar-refractivity contribution < 1.29 is 23.6 Å². The summed E-state index contributed by atoms with van der Waals surface area (Å²) >= 11 is 0. The number of nitrogens with one attached hydrogen (secondary N) is 1. The van der Waals surface area contributed by atoms with Crippen LogP contribution >= 0.6 is 0 Å². The van der Waals surface area contributed by atoms with Gasteiger partial charge in [0.2, 0.25) is 5.91 Å². The van der Waals surface area contributed by atoms with Gasteiger partial charge in [0.1, 0.15) is 5.82 Å². The molecular weight excluding hydrogens is 369 g/mol. The van der Waals surface area contributed by atoms with Crippen molar-refractivity contribution in [3.05, 3.63) is 70.0 Å². The molecule has 0 aliphatic heterocycles. The largest absolute Gasteiger partial charge is 0.465 e. The third-order valence-corrected chi connectivity index (χ3v) is 3.71. The third kappa shape index (κ3) is 6.76. The van der Waals surface area contributed by atoms with Gasteiger partial charge < -0.3 is 10.1 Å². The number of halogens is 1. The molecule has 2 aromatic carbocycles. The number of carbonyl (C=O) groups excluding carboxylic acids is 2. The molecule has 1 amide bonds. The summed E-state index contributed by atoms with van der Waals surface area (Å²) in [6.45, 7) is 1.92. The number of nitro benzene ring substituents is 1. The summed E-state index contributed by atoms with van der Waals surface area (Å²) in [6, 6.07) is 11.2. The van der Waals surface area contributed by atoms with Crippen molar-refractivity contribution in [3.63, 3.8) is 0 Å². The molecular formula is C19H20FN3O5. The molecule has 0 atom stereocenters. The number of ether oxygens (including phenoxy) is 1. The summed E-state index contributed by atoms with van der Waals surface area (Å²) in [5, 5.41) is 13.3. The van der Waals surface area contributed by atoms with E-state index >= 15 is 0 Å². The van der Waals surface area contributed by atoms with Crippen LogP contribution in [0.1, 0.15) is 12.5 Å². The fraction of sp³-hybridized carbons (Fsp3) is 0.263. The van der Waals surface area contributed by atoms with E-state index in [1.807, 2.05) is 0 Å². The van der Waals surface area contributed by atoms with Crippen molar-refractivity contribution >= 4 is 23.3 Å². The number of nitro groups is 1. The van der Waals surface area contributed by atoms with Crippen LogP contribution in [0.4, 0.5) is 15.8 Å². The molecule has 0 radical (unpaired) electrons. The van der Waals surface area contributed by atoms with Gasteiger partial charge in [0.05, 0.1) is 24.6 Å². The second-order valence-electron chi connectivity index (χ2n) is 5.93. The molecule has 2 rings (SSSR count). The Hall–Kier alpha value is -3.33. The zero-order valence-corrected chi connectivity index (χ0v) is 15.3. The smallest absolute Gasteiger partial charge is 0.320 e. The summed E-state index contributed by atoms with van der Waals surface area (Å²) in [7, 11) is 0. The maximum Gasteiger partial charge on any atom is 0.320 e. The SMILES string of the molecule is CCOC(=O)CN(CC(=O)Nc1ccc([N+](=O)[O-])cc1)Cc1ccc(F)cc1. The van der Waals surface area contributed by atoms with Gasteiger partial charge >= 0.3 is 5.97 Å². The van der Waals surface area contributed by atoms with E-state index in [4.69, 9.17) is 4.74 Å². The van der Waals surface area contributed by atoms with Gasteiger partial charge in [-0.15, -0.1) is 0 Å². The highest BCUT2D eigenvalue weighted by Crippen LogP contribution is 2.15. The summed E-state index contributed by atoms with van der Waals surface area (Å²) < 4.78 is 18.0. The highest BCUT2D eigenvalue weighted by Gasteiger charge is 2.16. The Labute approximate surface area is 161 Å². The Kier molecular flexibility index (Phi) is 7.58. The standard InChI is InChI=1S/C19H20FN3O5/c1-2-28-19(25)13-22(11-14-3-5-15(20)6-4-14)12-18(24)21-16-7-9-17(10-8-16)23(26)27/h3-10H,2,11-13H2,1H3,(H,21,24). The second kappa shape index (κ2) is 10.1. The fourth-order valence-electron chi connectivity index (χ4n) is 2.48. The van der Waals surface area contributed by atoms with Crippen LogP contribution in [0.5, 0.6) is 0 Å². The average Bonchev–Trinajstić information content (AvgIpc) is 2.64. The lowest BCUT2D eigenvalue weighted by Gasteiger charge is -2.21. The lowest BCUT2D eigenvalue weighted by Crippen LogP contribution is -2.37. The number of carbonyl (C=O) groups is 2. The predicted octanol–water partition coefficient (Wildman–Crippen LogP) is 2.74. The number of non-ortho nitro benzene ring substituents is 1. The van der Waals surface area contributed by atoms with Crippen LogP contribution < -0.4 is 5.32 Å². The number of nitrogens with zero attached hydrogens (tertiary/aromatic N) is 2. The zero-order valence-electron chi connectivity index (χ0n) is 15.3. The predicted molar refractivity (Wildman–Crippen MR) is 100 cm³/mol. The molecule has 1 N–H and O–H groups in total. The van der Waals surface area contributed by atoms with Crippen LogP contribution in [0.2, 0.25) is 0 Å². The molecule has 9 heteroatoms. The first kappa shape index (κ1) is 21.0. The Bertz CT molecular complexity index is 824. The summed E-state index contributed by atoms with van der Waals surface area (Å²) in [5.41, 5.74) is 1.04. The maximum atomic E-state index is 13.1. The van der Waals surface area contributed by atoms with Crippen molar-refractivity contribution in [1.29, 1.82) is 0 Å². The number of amides is 1. The van der Waals surface area contributed by atoms with Crippen LogP contribution in [0.3, 0.4) is 0 Å². The highest BCUT2D eigenvalue weighted by molar-refractivity contribution is 5.92. The highest BCUT2D eigenvalue weighted by atomic mass is 19.1. The van der Waals surface area contributed by atoms with Crippen molar-refractivity contribution in [2.24, 2.45) is 0 Å². The van der Waals surface area contributed by atoms with E-state index < -0.39 is 16.8 Å². The normalized spacial score (nSPS) is 10.5. The second-order valence-corrected chi connectivity index (χ2v) is 5.93. The molecule has 8 nitrogen and oxygen atoms in total. The van der Waals surface area contributed by atoms with Gasteiger partial charge in [0, 0.05) is 24.4 Å². The minimum atomic E-state index is -0.532. The van der Waals surface area contributed by atoms with Gasteiger partial charge in [0.25, 0.3) is 5.69 Å². The van der Waals surface area contributed by atoms with Crippen molar-refractivity contribution in [2.75, 3.05) is 25.0 Å². The van der Waals surface area contributed by atoms with Gasteiger partial charge in [-0.2, -0.15) is 0 Å². The van der Waals surface area contributed by atoms with E-state index in [1.54, 1.807) is 24.0 Å². The van der Waals surface area contributed by atoms with E-state index in [0.717, 1.165) is 5.56 Å². The van der Waals surface area contributed by atoms with E-state index in [2.05, 4.69) is 5.32 Å². The molecule has 0 aliphatic rings. The van der Waals surface area contributed by atoms with Gasteiger partial charge in [0.15, 0.2) is 0 Å². The molecule has 0 bridgehead atoms. The van der Waals surface area contributed by atoms with Crippen molar-refractivity contribution in [1.82, 2.24) is 4.90 Å². The Morgan fingerprint density at radius 1 is 1.11 bits per heavy atom. The number of anilines is 1. The number of benzene rings is 2. The van der Waals surface area contributed by atoms with Crippen molar-refractivity contribution in [3.8, 4) is 0 Å². The number of esters is 1. The number of rotatable bonds is 9. The van der Waals surface area contributed by atoms with Gasteiger partial charge in [-0.05, 0) is 36.8 Å². The van der Waals surface area contributed by atoms with Gasteiger partial charge in [-0.25, -0.2) is 4.39 Å². The van der Waals surface area contributed by atoms with Crippen molar-refractivity contribution in [2.45, 2.75) is 13.5 Å². The summed E-state index contributed by atoms with van der Waals surface area (Å²) in [5.74, 6) is -1.26. The monoisotopic (exact) mass is 389 g/mol. The molecule has 0 saturated carbocycles. The maximum absolute atomic E-state index is 13.1. The van der Waals surface area contributed by atoms with Crippen LogP contribution in [0.15, 0.2) is 48.5 Å². The fourth-order valence-corrected chi connectivity index (χ4v) is 2.48. The molecule has 148 valence electrons. The topological polar surface area (TPSA) is 102 Å². The Balaban J connectivity index is 2.02. The minimum absolute atomic E-state index is 0.0850. The summed E-state index contributed by atoms with van der Waals surface area (Å²) in [6.07, 6.45) is 0. The average molecular weight is 389 g/mol. The van der Waals surface area contributed by atoms with E-state index in [1.165, 1.54) is 36.4 Å². The molecule has 0 aromatic heterocycles. The van der Waals surface area contributed by atoms with Crippen LogP contribution in [-0.4, -0.2) is 41.4 Å². The van der Waals surface area contributed by atoms with E-state index in [-0.39, 0.29) is 37.7 Å². The van der Waals surface area contributed by atoms with Gasteiger partial charge in [-0.1, -0.05) is 12.1 Å². The molecule has 0 saturated heterocycles. The minimum Gasteiger partial charge on any atom is -0.465 e. The Morgan fingerprint density at radius 2 is 1.75 bits per heavy atom. The zero-order chi connectivity index (χ0) is 20.5. The first-order valence-electron chi connectivity index (χ1n) is 8.54. The number of hydrogen-bond acceptors (Lipinski definition) is 6. The first-order chi connectivity index (χ1) is 13.4. The quantitative estimate of drug-likeness (QED) is 0.402. The van der Waals surface area contributed by atoms with Crippen LogP contribution in [-0.2, 0) is 20.9 Å². The van der Waals surface area contributed by atoms with Crippen LogP contribution in [0.25, 0.3) is 0 Å². The number of hydrogen-bond donors (Lipinski definition) is 1. The lowest BCUT2D eigenvalue weighted by atomic mass is 10.2. The van der Waals surface area contributed by atoms with E-state index in [0.29, 0.717) is 5.69 Å². The molecule has 0 heterocycles. The first-order valence-corrected chi connectivity index (χ1v) is 8.54. The molecule has 0 fully saturated rings. The third-order valence-electron chi connectivity index (χ3n) is 3.71. The molecule has 2 aromatic rings. The Morgan fingerprint density at radius 3 is 2.32 bits per heavy atom. The molecule has 0 unspecified atom stereocenters. The lowest BCUT2D eigenvalue weighted by molar-refractivity contribution is -0.384. The van der Waals surface area contributed by atoms with E-state index in [9.17, 15) is 24.1 Å². The summed E-state index contributed by atoms with van der Waals surface area (Å²) in [4.78, 5) is 35.8. The molecule has 0 spiro atoms. The molecule has 28 heavy (non-hydrogen) atoms. The van der Waals surface area contributed by atoms with Gasteiger partial charge in [-0.3, -0.25) is 24.6 Å².